The minimum atomic E-state index is -0.215. The summed E-state index contributed by atoms with van der Waals surface area (Å²) in [7, 11) is 1.99. The average Bonchev–Trinajstić information content (AvgIpc) is 2.73. The van der Waals surface area contributed by atoms with Gasteiger partial charge in [-0.3, -0.25) is 4.79 Å². The van der Waals surface area contributed by atoms with Gasteiger partial charge in [-0.15, -0.1) is 0 Å². The summed E-state index contributed by atoms with van der Waals surface area (Å²) in [6, 6.07) is 29.9. The highest BCUT2D eigenvalue weighted by atomic mass is 16.2. The number of carbonyl (C=O) groups excluding carboxylic acids is 1. The number of nitrogens with zero attached hydrogens (tertiary/aromatic N) is 2. The van der Waals surface area contributed by atoms with Crippen molar-refractivity contribution in [3.63, 3.8) is 0 Å². The molecule has 27 heavy (non-hydrogen) atoms. The lowest BCUT2D eigenvalue weighted by atomic mass is 9.91. The van der Waals surface area contributed by atoms with Gasteiger partial charge < -0.3 is 9.80 Å². The molecule has 4 rings (SSSR count). The predicted octanol–water partition coefficient (Wildman–Crippen LogP) is 4.62. The SMILES string of the molecule is CN(c1ccccc1)[C@H]1C(=O)N(c2ccccc2)[C@H]1/C=C\c1ccccc1. The lowest BCUT2D eigenvalue weighted by Crippen LogP contribution is -2.70. The van der Waals surface area contributed by atoms with Gasteiger partial charge in [-0.25, -0.2) is 0 Å². The van der Waals surface area contributed by atoms with Crippen molar-refractivity contribution in [2.24, 2.45) is 0 Å². The molecule has 1 aliphatic rings. The number of anilines is 2. The van der Waals surface area contributed by atoms with E-state index in [-0.39, 0.29) is 18.0 Å². The molecule has 1 heterocycles. The molecule has 1 saturated heterocycles. The van der Waals surface area contributed by atoms with Crippen LogP contribution in [0.25, 0.3) is 6.08 Å². The van der Waals surface area contributed by atoms with E-state index in [0.29, 0.717) is 0 Å². The van der Waals surface area contributed by atoms with Crippen molar-refractivity contribution in [1.29, 1.82) is 0 Å². The third kappa shape index (κ3) is 3.36. The topological polar surface area (TPSA) is 23.6 Å². The van der Waals surface area contributed by atoms with Crippen molar-refractivity contribution < 1.29 is 4.79 Å². The highest BCUT2D eigenvalue weighted by Gasteiger charge is 2.49. The van der Waals surface area contributed by atoms with Gasteiger partial charge in [0.25, 0.3) is 5.91 Å². The van der Waals surface area contributed by atoms with Gasteiger partial charge in [-0.1, -0.05) is 78.9 Å². The predicted molar refractivity (Wildman–Crippen MR) is 112 cm³/mol. The first-order chi connectivity index (χ1) is 13.3. The van der Waals surface area contributed by atoms with Gasteiger partial charge in [0.2, 0.25) is 0 Å². The van der Waals surface area contributed by atoms with Crippen LogP contribution in [0.2, 0.25) is 0 Å². The van der Waals surface area contributed by atoms with Crippen LogP contribution in [0, 0.1) is 0 Å². The molecule has 1 fully saturated rings. The maximum absolute atomic E-state index is 13.0. The van der Waals surface area contributed by atoms with Gasteiger partial charge in [0.1, 0.15) is 6.04 Å². The van der Waals surface area contributed by atoms with Crippen LogP contribution in [0.15, 0.2) is 97.1 Å². The van der Waals surface area contributed by atoms with Gasteiger partial charge in [0.15, 0.2) is 0 Å². The molecule has 0 bridgehead atoms. The number of benzene rings is 3. The lowest BCUT2D eigenvalue weighted by molar-refractivity contribution is -0.125. The maximum atomic E-state index is 13.0. The summed E-state index contributed by atoms with van der Waals surface area (Å²) in [6.07, 6.45) is 4.23. The number of amides is 1. The summed E-state index contributed by atoms with van der Waals surface area (Å²) in [4.78, 5) is 17.0. The first kappa shape index (κ1) is 17.1. The third-order valence-corrected chi connectivity index (χ3v) is 5.01. The molecule has 1 amide bonds. The molecule has 134 valence electrons. The fourth-order valence-electron chi connectivity index (χ4n) is 3.57. The Kier molecular flexibility index (Phi) is 4.75. The molecule has 0 aromatic heterocycles. The molecule has 3 heteroatoms. The number of hydrogen-bond acceptors (Lipinski definition) is 2. The number of β-lactam (4-membered cyclic amide) rings is 1. The minimum Gasteiger partial charge on any atom is -0.361 e. The van der Waals surface area contributed by atoms with Crippen LogP contribution in [0.1, 0.15) is 5.56 Å². The zero-order chi connectivity index (χ0) is 18.6. The number of para-hydroxylation sites is 2. The molecule has 0 aliphatic carbocycles. The summed E-state index contributed by atoms with van der Waals surface area (Å²) < 4.78 is 0. The van der Waals surface area contributed by atoms with Crippen LogP contribution in [0.3, 0.4) is 0 Å². The number of likely N-dealkylation sites (N-methyl/N-ethyl adjacent to an activating group) is 1. The van der Waals surface area contributed by atoms with Crippen LogP contribution in [-0.4, -0.2) is 25.0 Å². The van der Waals surface area contributed by atoms with E-state index in [1.54, 1.807) is 0 Å². The number of carbonyl (C=O) groups is 1. The Morgan fingerprint density at radius 1 is 0.815 bits per heavy atom. The van der Waals surface area contributed by atoms with Crippen LogP contribution < -0.4 is 9.80 Å². The van der Waals surface area contributed by atoms with Crippen LogP contribution in [0.5, 0.6) is 0 Å². The van der Waals surface area contributed by atoms with Gasteiger partial charge in [-0.2, -0.15) is 0 Å². The second-order valence-electron chi connectivity index (χ2n) is 6.70. The van der Waals surface area contributed by atoms with Crippen molar-refractivity contribution in [1.82, 2.24) is 0 Å². The van der Waals surface area contributed by atoms with E-state index in [9.17, 15) is 4.79 Å². The average molecular weight is 354 g/mol. The number of rotatable bonds is 5. The Labute approximate surface area is 160 Å². The zero-order valence-corrected chi connectivity index (χ0v) is 15.3. The second-order valence-corrected chi connectivity index (χ2v) is 6.70. The van der Waals surface area contributed by atoms with E-state index < -0.39 is 0 Å². The molecule has 0 saturated carbocycles. The van der Waals surface area contributed by atoms with Crippen LogP contribution in [-0.2, 0) is 4.79 Å². The molecule has 0 unspecified atom stereocenters. The van der Waals surface area contributed by atoms with Gasteiger partial charge in [-0.05, 0) is 29.8 Å². The van der Waals surface area contributed by atoms with E-state index in [0.717, 1.165) is 16.9 Å². The molecule has 3 aromatic carbocycles. The van der Waals surface area contributed by atoms with E-state index >= 15 is 0 Å². The third-order valence-electron chi connectivity index (χ3n) is 5.01. The van der Waals surface area contributed by atoms with E-state index in [4.69, 9.17) is 0 Å². The Morgan fingerprint density at radius 2 is 1.37 bits per heavy atom. The first-order valence-corrected chi connectivity index (χ1v) is 9.15. The number of hydrogen-bond donors (Lipinski definition) is 0. The van der Waals surface area contributed by atoms with E-state index in [2.05, 4.69) is 29.2 Å². The largest absolute Gasteiger partial charge is 0.361 e. The van der Waals surface area contributed by atoms with Gasteiger partial charge >= 0.3 is 0 Å². The van der Waals surface area contributed by atoms with Crippen molar-refractivity contribution in [2.45, 2.75) is 12.1 Å². The minimum absolute atomic E-state index is 0.0229. The highest BCUT2D eigenvalue weighted by molar-refractivity contribution is 6.08. The Morgan fingerprint density at radius 3 is 2.00 bits per heavy atom. The summed E-state index contributed by atoms with van der Waals surface area (Å²) in [6.45, 7) is 0. The molecular weight excluding hydrogens is 332 g/mol. The quantitative estimate of drug-likeness (QED) is 0.624. The summed E-state index contributed by atoms with van der Waals surface area (Å²) >= 11 is 0. The van der Waals surface area contributed by atoms with Gasteiger partial charge in [0, 0.05) is 18.4 Å². The maximum Gasteiger partial charge on any atom is 0.252 e. The lowest BCUT2D eigenvalue weighted by Gasteiger charge is -2.50. The zero-order valence-electron chi connectivity index (χ0n) is 15.3. The van der Waals surface area contributed by atoms with Crippen LogP contribution >= 0.6 is 0 Å². The Hall–Kier alpha value is -3.33. The fourth-order valence-corrected chi connectivity index (χ4v) is 3.57. The normalized spacial score (nSPS) is 19.1. The Bertz CT molecular complexity index is 922. The summed E-state index contributed by atoms with van der Waals surface area (Å²) in [5.41, 5.74) is 3.11. The summed E-state index contributed by atoms with van der Waals surface area (Å²) in [5, 5.41) is 0. The molecule has 0 radical (unpaired) electrons. The molecular formula is C24H22N2O. The summed E-state index contributed by atoms with van der Waals surface area (Å²) in [5.74, 6) is 0.121. The monoisotopic (exact) mass is 354 g/mol. The fraction of sp³-hybridized carbons (Fsp3) is 0.125. The second kappa shape index (κ2) is 7.50. The van der Waals surface area contributed by atoms with E-state index in [1.165, 1.54) is 0 Å². The van der Waals surface area contributed by atoms with Crippen molar-refractivity contribution in [3.8, 4) is 0 Å². The highest BCUT2D eigenvalue weighted by Crippen LogP contribution is 2.34. The standard InChI is InChI=1S/C24H22N2O/c1-25(20-13-7-3-8-14-20)23-22(18-17-19-11-5-2-6-12-19)26(24(23)27)21-15-9-4-10-16-21/h2-18,22-23H,1H3/b18-17-/t22-,23+/m0/s1. The molecule has 0 N–H and O–H groups in total. The van der Waals surface area contributed by atoms with E-state index in [1.807, 2.05) is 90.8 Å². The van der Waals surface area contributed by atoms with Gasteiger partial charge in [0.05, 0.1) is 6.04 Å². The first-order valence-electron chi connectivity index (χ1n) is 9.15. The van der Waals surface area contributed by atoms with Crippen molar-refractivity contribution in [3.05, 3.63) is 103 Å². The molecule has 3 nitrogen and oxygen atoms in total. The molecule has 0 spiro atoms. The smallest absolute Gasteiger partial charge is 0.252 e. The molecule has 3 aromatic rings. The van der Waals surface area contributed by atoms with Crippen LogP contribution in [0.4, 0.5) is 11.4 Å². The Balaban J connectivity index is 1.65. The molecule has 2 atom stereocenters. The molecule has 1 aliphatic heterocycles. The van der Waals surface area contributed by atoms with Crippen molar-refractivity contribution >= 4 is 23.4 Å². The van der Waals surface area contributed by atoms with Crippen molar-refractivity contribution in [2.75, 3.05) is 16.8 Å².